The largest absolute Gasteiger partial charge is 0.507 e. The van der Waals surface area contributed by atoms with Crippen LogP contribution in [0.2, 0.25) is 10.0 Å². The first-order valence-corrected chi connectivity index (χ1v) is 9.82. The molecule has 0 saturated carbocycles. The number of rotatable bonds is 3. The van der Waals surface area contributed by atoms with E-state index in [0.717, 1.165) is 23.1 Å². The molecule has 1 atom stereocenters. The number of anilines is 1. The van der Waals surface area contributed by atoms with E-state index in [2.05, 4.69) is 0 Å². The van der Waals surface area contributed by atoms with Gasteiger partial charge in [0.15, 0.2) is 0 Å². The van der Waals surface area contributed by atoms with Gasteiger partial charge in [-0.05, 0) is 48.5 Å². The summed E-state index contributed by atoms with van der Waals surface area (Å²) < 4.78 is 45.1. The summed E-state index contributed by atoms with van der Waals surface area (Å²) in [5, 5.41) is 11.2. The number of benzene rings is 2. The van der Waals surface area contributed by atoms with Crippen molar-refractivity contribution in [3.63, 3.8) is 0 Å². The molecule has 0 aliphatic carbocycles. The number of alkyl halides is 3. The Hall–Kier alpha value is -3.23. The van der Waals surface area contributed by atoms with Crippen molar-refractivity contribution in [2.45, 2.75) is 12.2 Å². The van der Waals surface area contributed by atoms with Crippen LogP contribution >= 0.6 is 23.2 Å². The lowest BCUT2D eigenvalue weighted by molar-refractivity contribution is -0.137. The third-order valence-corrected chi connectivity index (χ3v) is 5.64. The highest BCUT2D eigenvalue weighted by molar-refractivity contribution is 6.51. The maximum atomic E-state index is 13.2. The first-order chi connectivity index (χ1) is 15.1. The number of Topliss-reactive ketones (excluding diaryl/α,β-unsaturated/α-hetero) is 1. The van der Waals surface area contributed by atoms with Gasteiger partial charge in [-0.15, -0.1) is 0 Å². The Morgan fingerprint density at radius 1 is 1.00 bits per heavy atom. The molecule has 1 aliphatic rings. The van der Waals surface area contributed by atoms with E-state index in [-0.39, 0.29) is 32.6 Å². The molecule has 3 aromatic rings. The molecule has 0 bridgehead atoms. The van der Waals surface area contributed by atoms with Crippen LogP contribution in [-0.2, 0) is 15.8 Å². The van der Waals surface area contributed by atoms with Gasteiger partial charge in [0.1, 0.15) is 17.6 Å². The van der Waals surface area contributed by atoms with Crippen LogP contribution in [0.15, 0.2) is 70.9 Å². The molecule has 1 unspecified atom stereocenters. The van der Waals surface area contributed by atoms with Crippen molar-refractivity contribution in [3.8, 4) is 0 Å². The fourth-order valence-corrected chi connectivity index (χ4v) is 3.74. The highest BCUT2D eigenvalue weighted by Crippen LogP contribution is 2.43. The van der Waals surface area contributed by atoms with E-state index in [9.17, 15) is 27.9 Å². The minimum Gasteiger partial charge on any atom is -0.507 e. The quantitative estimate of drug-likeness (QED) is 0.273. The van der Waals surface area contributed by atoms with Crippen molar-refractivity contribution < 1.29 is 32.3 Å². The van der Waals surface area contributed by atoms with Crippen LogP contribution in [0.25, 0.3) is 5.76 Å². The number of aliphatic hydroxyl groups is 1. The Morgan fingerprint density at radius 3 is 2.38 bits per heavy atom. The Morgan fingerprint density at radius 2 is 1.75 bits per heavy atom. The lowest BCUT2D eigenvalue weighted by Gasteiger charge is -2.24. The van der Waals surface area contributed by atoms with Crippen LogP contribution in [0.3, 0.4) is 0 Å². The van der Waals surface area contributed by atoms with Crippen LogP contribution in [0.4, 0.5) is 18.9 Å². The van der Waals surface area contributed by atoms with Gasteiger partial charge in [0.25, 0.3) is 11.7 Å². The summed E-state index contributed by atoms with van der Waals surface area (Å²) in [6.07, 6.45) is -3.38. The number of aliphatic hydroxyl groups excluding tert-OH is 1. The van der Waals surface area contributed by atoms with Crippen LogP contribution in [-0.4, -0.2) is 16.8 Å². The molecule has 2 heterocycles. The maximum absolute atomic E-state index is 13.2. The minimum absolute atomic E-state index is 0.0724. The smallest absolute Gasteiger partial charge is 0.416 e. The van der Waals surface area contributed by atoms with Gasteiger partial charge < -0.3 is 9.52 Å². The second-order valence-electron chi connectivity index (χ2n) is 6.86. The average Bonchev–Trinajstić information content (AvgIpc) is 3.36. The van der Waals surface area contributed by atoms with Crippen LogP contribution in [0.5, 0.6) is 0 Å². The van der Waals surface area contributed by atoms with E-state index < -0.39 is 35.2 Å². The summed E-state index contributed by atoms with van der Waals surface area (Å²) in [5.41, 5.74) is -1.45. The molecule has 1 amide bonds. The summed E-state index contributed by atoms with van der Waals surface area (Å²) in [6, 6.07) is 9.69. The van der Waals surface area contributed by atoms with E-state index in [1.165, 1.54) is 42.7 Å². The van der Waals surface area contributed by atoms with Gasteiger partial charge in [0.05, 0.1) is 27.4 Å². The lowest BCUT2D eigenvalue weighted by Crippen LogP contribution is -2.29. The Kier molecular flexibility index (Phi) is 5.52. The molecule has 32 heavy (non-hydrogen) atoms. The molecule has 4 rings (SSSR count). The van der Waals surface area contributed by atoms with E-state index in [0.29, 0.717) is 0 Å². The summed E-state index contributed by atoms with van der Waals surface area (Å²) >= 11 is 11.9. The van der Waals surface area contributed by atoms with Gasteiger partial charge in [-0.2, -0.15) is 13.2 Å². The Balaban J connectivity index is 1.92. The van der Waals surface area contributed by atoms with Crippen molar-refractivity contribution in [2.75, 3.05) is 4.90 Å². The monoisotopic (exact) mass is 481 g/mol. The average molecular weight is 482 g/mol. The maximum Gasteiger partial charge on any atom is 0.416 e. The van der Waals surface area contributed by atoms with Gasteiger partial charge >= 0.3 is 6.18 Å². The number of halogens is 5. The molecule has 0 radical (unpaired) electrons. The first kappa shape index (κ1) is 22.0. The van der Waals surface area contributed by atoms with Crippen LogP contribution in [0.1, 0.15) is 22.9 Å². The summed E-state index contributed by atoms with van der Waals surface area (Å²) in [7, 11) is 0. The molecule has 1 saturated heterocycles. The fraction of sp³-hybridized carbons (Fsp3) is 0.0909. The summed E-state index contributed by atoms with van der Waals surface area (Å²) in [4.78, 5) is 26.7. The second-order valence-corrected chi connectivity index (χ2v) is 7.68. The summed E-state index contributed by atoms with van der Waals surface area (Å²) in [6.45, 7) is 0. The third kappa shape index (κ3) is 3.76. The number of amides is 1. The molecular weight excluding hydrogens is 470 g/mol. The first-order valence-electron chi connectivity index (χ1n) is 9.06. The third-order valence-electron chi connectivity index (χ3n) is 4.90. The van der Waals surface area contributed by atoms with Crippen molar-refractivity contribution >= 4 is 46.3 Å². The predicted molar refractivity (Wildman–Crippen MR) is 111 cm³/mol. The van der Waals surface area contributed by atoms with Crippen molar-refractivity contribution in [1.82, 2.24) is 0 Å². The fourth-order valence-electron chi connectivity index (χ4n) is 3.45. The van der Waals surface area contributed by atoms with Gasteiger partial charge in [-0.3, -0.25) is 14.5 Å². The molecule has 1 aromatic heterocycles. The molecular formula is C22H12Cl2F3NO4. The summed E-state index contributed by atoms with van der Waals surface area (Å²) in [5.74, 6) is -2.71. The van der Waals surface area contributed by atoms with E-state index in [1.54, 1.807) is 0 Å². The number of carbonyl (C=O) groups is 2. The number of hydrogen-bond acceptors (Lipinski definition) is 4. The topological polar surface area (TPSA) is 70.8 Å². The molecule has 164 valence electrons. The van der Waals surface area contributed by atoms with E-state index >= 15 is 0 Å². The lowest BCUT2D eigenvalue weighted by atomic mass is 9.99. The van der Waals surface area contributed by atoms with Crippen LogP contribution < -0.4 is 4.90 Å². The number of nitrogens with zero attached hydrogens (tertiary/aromatic N) is 1. The molecule has 0 spiro atoms. The van der Waals surface area contributed by atoms with E-state index in [1.807, 2.05) is 0 Å². The number of furan rings is 1. The van der Waals surface area contributed by atoms with Crippen molar-refractivity contribution in [2.24, 2.45) is 0 Å². The number of ketones is 1. The molecule has 5 nitrogen and oxygen atoms in total. The highest BCUT2D eigenvalue weighted by Gasteiger charge is 2.48. The van der Waals surface area contributed by atoms with Gasteiger partial charge in [-0.25, -0.2) is 0 Å². The molecule has 1 N–H and O–H groups in total. The molecule has 1 aliphatic heterocycles. The van der Waals surface area contributed by atoms with E-state index in [4.69, 9.17) is 27.6 Å². The number of hydrogen-bond donors (Lipinski definition) is 1. The zero-order chi connectivity index (χ0) is 23.2. The van der Waals surface area contributed by atoms with Gasteiger partial charge in [-0.1, -0.05) is 29.3 Å². The molecule has 1 fully saturated rings. The predicted octanol–water partition coefficient (Wildman–Crippen LogP) is 6.23. The Labute approximate surface area is 189 Å². The molecule has 10 heteroatoms. The van der Waals surface area contributed by atoms with Crippen molar-refractivity contribution in [3.05, 3.63) is 93.4 Å². The zero-order valence-corrected chi connectivity index (χ0v) is 17.4. The normalized spacial score (nSPS) is 18.4. The molecule has 2 aromatic carbocycles. The minimum atomic E-state index is -4.66. The SMILES string of the molecule is O=C1C(=O)N(c2cccc(C(F)(F)F)c2)C(c2ccco2)/C1=C(/O)c1ccc(Cl)c(Cl)c1. The number of carbonyl (C=O) groups excluding carboxylic acids is 2. The van der Waals surface area contributed by atoms with Gasteiger partial charge in [0, 0.05) is 11.3 Å². The zero-order valence-electron chi connectivity index (χ0n) is 15.9. The second kappa shape index (κ2) is 8.03. The van der Waals surface area contributed by atoms with Crippen molar-refractivity contribution in [1.29, 1.82) is 0 Å². The standard InChI is InChI=1S/C22H12Cl2F3NO4/c23-14-7-6-11(9-15(14)24)19(29)17-18(16-5-2-8-32-16)28(21(31)20(17)30)13-4-1-3-12(10-13)22(25,26)27/h1-10,18,29H/b19-17-. The van der Waals surface area contributed by atoms with Crippen LogP contribution in [0, 0.1) is 0 Å². The Bertz CT molecular complexity index is 1250. The van der Waals surface area contributed by atoms with Gasteiger partial charge in [0.2, 0.25) is 0 Å². The highest BCUT2D eigenvalue weighted by atomic mass is 35.5.